The molecule has 0 aliphatic heterocycles. The van der Waals surface area contributed by atoms with E-state index in [0.717, 1.165) is 31.2 Å². The highest BCUT2D eigenvalue weighted by molar-refractivity contribution is 6.01. The maximum absolute atomic E-state index is 12.6. The standard InChI is InChI=1S/C19H26N2O4/c1-13(22)20-16(19(23)21-15-7-5-4-6-8-15)11-14-9-10-17(24-2)18(12-14)25-3/h9-12,15H,4-8H2,1-3H3,(H,20,22)(H,21,23). The number of carbonyl (C=O) groups is 2. The Morgan fingerprint density at radius 2 is 1.76 bits per heavy atom. The number of carbonyl (C=O) groups excluding carboxylic acids is 2. The highest BCUT2D eigenvalue weighted by Gasteiger charge is 2.19. The molecule has 2 N–H and O–H groups in total. The summed E-state index contributed by atoms with van der Waals surface area (Å²) in [5.41, 5.74) is 0.963. The van der Waals surface area contributed by atoms with E-state index in [1.54, 1.807) is 38.5 Å². The van der Waals surface area contributed by atoms with Gasteiger partial charge >= 0.3 is 0 Å². The molecule has 0 atom stereocenters. The molecule has 2 amide bonds. The summed E-state index contributed by atoms with van der Waals surface area (Å²) in [6.07, 6.45) is 7.07. The van der Waals surface area contributed by atoms with Crippen molar-refractivity contribution in [1.29, 1.82) is 0 Å². The van der Waals surface area contributed by atoms with E-state index in [4.69, 9.17) is 9.47 Å². The molecule has 2 rings (SSSR count). The van der Waals surface area contributed by atoms with Gasteiger partial charge in [-0.05, 0) is 36.6 Å². The molecule has 1 aromatic rings. The zero-order valence-electron chi connectivity index (χ0n) is 15.1. The van der Waals surface area contributed by atoms with Crippen LogP contribution in [-0.2, 0) is 9.59 Å². The summed E-state index contributed by atoms with van der Waals surface area (Å²) in [4.78, 5) is 24.1. The second-order valence-electron chi connectivity index (χ2n) is 6.16. The third-order valence-corrected chi connectivity index (χ3v) is 4.21. The molecule has 0 unspecified atom stereocenters. The van der Waals surface area contributed by atoms with Crippen LogP contribution in [0.25, 0.3) is 6.08 Å². The van der Waals surface area contributed by atoms with Crippen molar-refractivity contribution in [2.24, 2.45) is 0 Å². The molecule has 0 bridgehead atoms. The fourth-order valence-corrected chi connectivity index (χ4v) is 2.97. The first-order valence-corrected chi connectivity index (χ1v) is 8.55. The molecule has 1 aromatic carbocycles. The first-order chi connectivity index (χ1) is 12.0. The second kappa shape index (κ2) is 9.11. The van der Waals surface area contributed by atoms with E-state index in [1.165, 1.54) is 13.3 Å². The van der Waals surface area contributed by atoms with E-state index < -0.39 is 0 Å². The van der Waals surface area contributed by atoms with Crippen LogP contribution in [0.1, 0.15) is 44.6 Å². The molecule has 6 heteroatoms. The highest BCUT2D eigenvalue weighted by atomic mass is 16.5. The molecular weight excluding hydrogens is 320 g/mol. The van der Waals surface area contributed by atoms with Crippen LogP contribution in [0.4, 0.5) is 0 Å². The van der Waals surface area contributed by atoms with Gasteiger partial charge < -0.3 is 20.1 Å². The zero-order valence-corrected chi connectivity index (χ0v) is 15.1. The summed E-state index contributed by atoms with van der Waals surface area (Å²) in [6, 6.07) is 5.49. The quantitative estimate of drug-likeness (QED) is 0.777. The second-order valence-corrected chi connectivity index (χ2v) is 6.16. The van der Waals surface area contributed by atoms with Gasteiger partial charge in [0, 0.05) is 13.0 Å². The number of hydrogen-bond donors (Lipinski definition) is 2. The third kappa shape index (κ3) is 5.52. The van der Waals surface area contributed by atoms with Gasteiger partial charge in [-0.25, -0.2) is 0 Å². The SMILES string of the molecule is COc1ccc(C=C(NC(C)=O)C(=O)NC2CCCCC2)cc1OC. The lowest BCUT2D eigenvalue weighted by molar-refractivity contribution is -0.122. The molecule has 0 radical (unpaired) electrons. The summed E-state index contributed by atoms with van der Waals surface area (Å²) in [6.45, 7) is 1.39. The zero-order chi connectivity index (χ0) is 18.2. The van der Waals surface area contributed by atoms with Gasteiger partial charge in [0.1, 0.15) is 5.70 Å². The van der Waals surface area contributed by atoms with Crippen molar-refractivity contribution >= 4 is 17.9 Å². The smallest absolute Gasteiger partial charge is 0.268 e. The van der Waals surface area contributed by atoms with Gasteiger partial charge in [-0.1, -0.05) is 25.3 Å². The number of ether oxygens (including phenoxy) is 2. The molecule has 1 aliphatic rings. The predicted octanol–water partition coefficient (Wildman–Crippen LogP) is 2.63. The number of benzene rings is 1. The largest absolute Gasteiger partial charge is 0.493 e. The van der Waals surface area contributed by atoms with E-state index in [2.05, 4.69) is 10.6 Å². The molecule has 1 aliphatic carbocycles. The Balaban J connectivity index is 2.21. The van der Waals surface area contributed by atoms with Crippen LogP contribution in [0, 0.1) is 0 Å². The molecule has 25 heavy (non-hydrogen) atoms. The normalized spacial score (nSPS) is 15.4. The summed E-state index contributed by atoms with van der Waals surface area (Å²) in [5, 5.41) is 5.64. The highest BCUT2D eigenvalue weighted by Crippen LogP contribution is 2.28. The number of methoxy groups -OCH3 is 2. The van der Waals surface area contributed by atoms with Gasteiger partial charge in [0.05, 0.1) is 14.2 Å². The van der Waals surface area contributed by atoms with Gasteiger partial charge in [-0.2, -0.15) is 0 Å². The van der Waals surface area contributed by atoms with Crippen molar-refractivity contribution in [2.45, 2.75) is 45.1 Å². The van der Waals surface area contributed by atoms with Crippen molar-refractivity contribution in [2.75, 3.05) is 14.2 Å². The van der Waals surface area contributed by atoms with Crippen molar-refractivity contribution in [3.05, 3.63) is 29.5 Å². The van der Waals surface area contributed by atoms with Crippen LogP contribution >= 0.6 is 0 Å². The minimum Gasteiger partial charge on any atom is -0.493 e. The molecule has 0 heterocycles. The van der Waals surface area contributed by atoms with E-state index in [0.29, 0.717) is 11.5 Å². The lowest BCUT2D eigenvalue weighted by atomic mass is 9.95. The molecule has 1 saturated carbocycles. The fourth-order valence-electron chi connectivity index (χ4n) is 2.97. The van der Waals surface area contributed by atoms with E-state index in [-0.39, 0.29) is 23.6 Å². The molecule has 0 saturated heterocycles. The first-order valence-electron chi connectivity index (χ1n) is 8.55. The van der Waals surface area contributed by atoms with E-state index in [9.17, 15) is 9.59 Å². The summed E-state index contributed by atoms with van der Waals surface area (Å²) >= 11 is 0. The van der Waals surface area contributed by atoms with Crippen LogP contribution in [-0.4, -0.2) is 32.1 Å². The Kier molecular flexibility index (Phi) is 6.86. The Bertz CT molecular complexity index is 649. The number of hydrogen-bond acceptors (Lipinski definition) is 4. The van der Waals surface area contributed by atoms with Gasteiger partial charge in [-0.3, -0.25) is 9.59 Å². The van der Waals surface area contributed by atoms with Gasteiger partial charge in [0.2, 0.25) is 5.91 Å². The van der Waals surface area contributed by atoms with Gasteiger partial charge in [-0.15, -0.1) is 0 Å². The van der Waals surface area contributed by atoms with E-state index in [1.807, 2.05) is 0 Å². The van der Waals surface area contributed by atoms with Crippen LogP contribution in [0.3, 0.4) is 0 Å². The first kappa shape index (κ1) is 18.8. The Labute approximate surface area is 148 Å². The average molecular weight is 346 g/mol. The number of rotatable bonds is 6. The molecule has 0 spiro atoms. The summed E-state index contributed by atoms with van der Waals surface area (Å²) in [7, 11) is 3.11. The predicted molar refractivity (Wildman–Crippen MR) is 96.4 cm³/mol. The monoisotopic (exact) mass is 346 g/mol. The number of nitrogens with one attached hydrogen (secondary N) is 2. The minimum absolute atomic E-state index is 0.170. The molecule has 1 fully saturated rings. The van der Waals surface area contributed by atoms with Crippen molar-refractivity contribution < 1.29 is 19.1 Å². The third-order valence-electron chi connectivity index (χ3n) is 4.21. The Morgan fingerprint density at radius 3 is 2.36 bits per heavy atom. The van der Waals surface area contributed by atoms with Crippen molar-refractivity contribution in [1.82, 2.24) is 10.6 Å². The lowest BCUT2D eigenvalue weighted by Crippen LogP contribution is -2.40. The Morgan fingerprint density at radius 1 is 1.08 bits per heavy atom. The Hall–Kier alpha value is -2.50. The van der Waals surface area contributed by atoms with Gasteiger partial charge in [0.25, 0.3) is 5.91 Å². The average Bonchev–Trinajstić information content (AvgIpc) is 2.61. The maximum Gasteiger partial charge on any atom is 0.268 e. The molecule has 0 aromatic heterocycles. The summed E-state index contributed by atoms with van der Waals surface area (Å²) in [5.74, 6) is 0.612. The summed E-state index contributed by atoms with van der Waals surface area (Å²) < 4.78 is 10.5. The van der Waals surface area contributed by atoms with Crippen LogP contribution < -0.4 is 20.1 Å². The van der Waals surface area contributed by atoms with Crippen LogP contribution in [0.2, 0.25) is 0 Å². The van der Waals surface area contributed by atoms with Crippen LogP contribution in [0.5, 0.6) is 11.5 Å². The van der Waals surface area contributed by atoms with Crippen molar-refractivity contribution in [3.8, 4) is 11.5 Å². The molecule has 6 nitrogen and oxygen atoms in total. The molecular formula is C19H26N2O4. The van der Waals surface area contributed by atoms with Gasteiger partial charge in [0.15, 0.2) is 11.5 Å². The number of amides is 2. The van der Waals surface area contributed by atoms with Crippen molar-refractivity contribution in [3.63, 3.8) is 0 Å². The minimum atomic E-state index is -0.287. The molecule has 136 valence electrons. The lowest BCUT2D eigenvalue weighted by Gasteiger charge is -2.23. The topological polar surface area (TPSA) is 76.7 Å². The van der Waals surface area contributed by atoms with E-state index >= 15 is 0 Å². The van der Waals surface area contributed by atoms with Crippen LogP contribution in [0.15, 0.2) is 23.9 Å². The fraction of sp³-hybridized carbons (Fsp3) is 0.474. The maximum atomic E-state index is 12.6.